The van der Waals surface area contributed by atoms with Crippen LogP contribution in [-0.2, 0) is 4.79 Å². The maximum atomic E-state index is 11.4. The smallest absolute Gasteiger partial charge is 0.231 e. The van der Waals surface area contributed by atoms with Gasteiger partial charge in [-0.05, 0) is 12.8 Å². The number of nitriles is 1. The summed E-state index contributed by atoms with van der Waals surface area (Å²) in [5.74, 6) is 0.726. The van der Waals surface area contributed by atoms with E-state index in [1.807, 2.05) is 13.8 Å². The van der Waals surface area contributed by atoms with Gasteiger partial charge in [0.15, 0.2) is 0 Å². The summed E-state index contributed by atoms with van der Waals surface area (Å²) in [7, 11) is 0. The Labute approximate surface area is 95.0 Å². The molecule has 0 aromatic heterocycles. The van der Waals surface area contributed by atoms with Gasteiger partial charge in [-0.3, -0.25) is 4.79 Å². The van der Waals surface area contributed by atoms with Crippen molar-refractivity contribution in [2.75, 3.05) is 18.1 Å². The number of aliphatic hydroxyl groups excluding tert-OH is 1. The number of thioether (sulfide) groups is 1. The van der Waals surface area contributed by atoms with Crippen molar-refractivity contribution in [3.05, 3.63) is 0 Å². The highest BCUT2D eigenvalue weighted by Crippen LogP contribution is 2.15. The Morgan fingerprint density at radius 1 is 1.67 bits per heavy atom. The highest BCUT2D eigenvalue weighted by molar-refractivity contribution is 7.99. The van der Waals surface area contributed by atoms with Gasteiger partial charge in [0.1, 0.15) is 5.54 Å². The van der Waals surface area contributed by atoms with Gasteiger partial charge in [0.2, 0.25) is 5.91 Å². The second-order valence-corrected chi connectivity index (χ2v) is 4.90. The fourth-order valence-corrected chi connectivity index (χ4v) is 1.39. The van der Waals surface area contributed by atoms with Crippen LogP contribution in [0.3, 0.4) is 0 Å². The van der Waals surface area contributed by atoms with Crippen LogP contribution in [-0.4, -0.2) is 34.7 Å². The standard InChI is InChI=1S/C10H18N2O2S/c1-8(2)10(3,7-11)12-9(14)6-15-5-4-13/h8,13H,4-6H2,1-3H3,(H,12,14). The quantitative estimate of drug-likeness (QED) is 0.661. The number of nitrogens with one attached hydrogen (secondary N) is 1. The molecule has 1 atom stereocenters. The summed E-state index contributed by atoms with van der Waals surface area (Å²) >= 11 is 1.35. The van der Waals surface area contributed by atoms with E-state index in [1.54, 1.807) is 6.92 Å². The number of hydrogen-bond acceptors (Lipinski definition) is 4. The van der Waals surface area contributed by atoms with Gasteiger partial charge >= 0.3 is 0 Å². The Hall–Kier alpha value is -0.730. The molecule has 1 amide bonds. The van der Waals surface area contributed by atoms with E-state index >= 15 is 0 Å². The second-order valence-electron chi connectivity index (χ2n) is 3.79. The van der Waals surface area contributed by atoms with Gasteiger partial charge in [-0.25, -0.2) is 0 Å². The molecular formula is C10H18N2O2S. The molecule has 2 N–H and O–H groups in total. The van der Waals surface area contributed by atoms with Gasteiger partial charge in [-0.15, -0.1) is 11.8 Å². The zero-order valence-electron chi connectivity index (χ0n) is 9.41. The van der Waals surface area contributed by atoms with E-state index in [4.69, 9.17) is 10.4 Å². The van der Waals surface area contributed by atoms with Crippen LogP contribution in [0.5, 0.6) is 0 Å². The molecule has 4 nitrogen and oxygen atoms in total. The maximum absolute atomic E-state index is 11.4. The molecule has 0 aliphatic carbocycles. The normalized spacial score (nSPS) is 14.4. The minimum absolute atomic E-state index is 0.0642. The van der Waals surface area contributed by atoms with E-state index in [0.29, 0.717) is 5.75 Å². The lowest BCUT2D eigenvalue weighted by Crippen LogP contribution is -2.49. The predicted octanol–water partition coefficient (Wildman–Crippen LogP) is 0.766. The Balaban J connectivity index is 4.09. The van der Waals surface area contributed by atoms with Crippen LogP contribution in [0.4, 0.5) is 0 Å². The summed E-state index contributed by atoms with van der Waals surface area (Å²) in [6.45, 7) is 5.57. The van der Waals surface area contributed by atoms with Crippen LogP contribution in [0.1, 0.15) is 20.8 Å². The summed E-state index contributed by atoms with van der Waals surface area (Å²) in [4.78, 5) is 11.4. The molecule has 0 aliphatic heterocycles. The highest BCUT2D eigenvalue weighted by Gasteiger charge is 2.29. The summed E-state index contributed by atoms with van der Waals surface area (Å²) in [6.07, 6.45) is 0. The Morgan fingerprint density at radius 2 is 2.27 bits per heavy atom. The first-order valence-corrected chi connectivity index (χ1v) is 6.02. The van der Waals surface area contributed by atoms with Crippen molar-refractivity contribution >= 4 is 17.7 Å². The minimum atomic E-state index is -0.809. The van der Waals surface area contributed by atoms with E-state index in [-0.39, 0.29) is 24.2 Å². The molecular weight excluding hydrogens is 212 g/mol. The van der Waals surface area contributed by atoms with E-state index in [1.165, 1.54) is 11.8 Å². The van der Waals surface area contributed by atoms with E-state index in [2.05, 4.69) is 11.4 Å². The zero-order chi connectivity index (χ0) is 11.9. The van der Waals surface area contributed by atoms with Gasteiger partial charge < -0.3 is 10.4 Å². The van der Waals surface area contributed by atoms with Crippen LogP contribution in [0.15, 0.2) is 0 Å². The number of rotatable bonds is 6. The number of carbonyl (C=O) groups excluding carboxylic acids is 1. The van der Waals surface area contributed by atoms with Crippen LogP contribution in [0.25, 0.3) is 0 Å². The maximum Gasteiger partial charge on any atom is 0.231 e. The number of hydrogen-bond donors (Lipinski definition) is 2. The average Bonchev–Trinajstić information content (AvgIpc) is 2.17. The molecule has 0 saturated carbocycles. The monoisotopic (exact) mass is 230 g/mol. The summed E-state index contributed by atoms with van der Waals surface area (Å²) < 4.78 is 0. The number of nitrogens with zero attached hydrogens (tertiary/aromatic N) is 1. The molecule has 15 heavy (non-hydrogen) atoms. The van der Waals surface area contributed by atoms with Gasteiger partial charge in [-0.1, -0.05) is 13.8 Å². The van der Waals surface area contributed by atoms with Gasteiger partial charge in [0, 0.05) is 5.75 Å². The molecule has 0 rings (SSSR count). The molecule has 1 unspecified atom stereocenters. The van der Waals surface area contributed by atoms with Crippen LogP contribution < -0.4 is 5.32 Å². The van der Waals surface area contributed by atoms with Gasteiger partial charge in [-0.2, -0.15) is 5.26 Å². The first kappa shape index (κ1) is 14.3. The van der Waals surface area contributed by atoms with Crippen LogP contribution in [0, 0.1) is 17.2 Å². The topological polar surface area (TPSA) is 73.1 Å². The molecule has 0 aromatic rings. The van der Waals surface area contributed by atoms with E-state index < -0.39 is 5.54 Å². The Morgan fingerprint density at radius 3 is 2.67 bits per heavy atom. The molecule has 0 radical (unpaired) electrons. The van der Waals surface area contributed by atoms with Gasteiger partial charge in [0.25, 0.3) is 0 Å². The summed E-state index contributed by atoms with van der Waals surface area (Å²) in [6, 6.07) is 2.11. The molecule has 0 aliphatic rings. The largest absolute Gasteiger partial charge is 0.396 e. The van der Waals surface area contributed by atoms with Gasteiger partial charge in [0.05, 0.1) is 18.4 Å². The Kier molecular flexibility index (Phi) is 6.37. The molecule has 0 fully saturated rings. The minimum Gasteiger partial charge on any atom is -0.396 e. The highest BCUT2D eigenvalue weighted by atomic mass is 32.2. The molecule has 0 bridgehead atoms. The van der Waals surface area contributed by atoms with E-state index in [0.717, 1.165) is 0 Å². The zero-order valence-corrected chi connectivity index (χ0v) is 10.2. The second kappa shape index (κ2) is 6.70. The van der Waals surface area contributed by atoms with Crippen molar-refractivity contribution in [3.63, 3.8) is 0 Å². The van der Waals surface area contributed by atoms with Crippen molar-refractivity contribution in [2.45, 2.75) is 26.3 Å². The van der Waals surface area contributed by atoms with Crippen molar-refractivity contribution in [1.29, 1.82) is 5.26 Å². The lowest BCUT2D eigenvalue weighted by Gasteiger charge is -2.27. The fourth-order valence-electron chi connectivity index (χ4n) is 0.857. The first-order valence-electron chi connectivity index (χ1n) is 4.87. The lowest BCUT2D eigenvalue weighted by atomic mass is 9.90. The van der Waals surface area contributed by atoms with Crippen LogP contribution >= 0.6 is 11.8 Å². The van der Waals surface area contributed by atoms with Crippen LogP contribution in [0.2, 0.25) is 0 Å². The number of carbonyl (C=O) groups is 1. The lowest BCUT2D eigenvalue weighted by molar-refractivity contribution is -0.120. The molecule has 0 heterocycles. The molecule has 0 spiro atoms. The number of aliphatic hydroxyl groups is 1. The van der Waals surface area contributed by atoms with Crippen molar-refractivity contribution in [2.24, 2.45) is 5.92 Å². The molecule has 0 aromatic carbocycles. The van der Waals surface area contributed by atoms with Crippen molar-refractivity contribution < 1.29 is 9.90 Å². The van der Waals surface area contributed by atoms with Crippen molar-refractivity contribution in [1.82, 2.24) is 5.32 Å². The number of amides is 1. The third-order valence-electron chi connectivity index (χ3n) is 2.25. The van der Waals surface area contributed by atoms with Crippen molar-refractivity contribution in [3.8, 4) is 6.07 Å². The molecule has 0 saturated heterocycles. The summed E-state index contributed by atoms with van der Waals surface area (Å²) in [5.41, 5.74) is -0.809. The van der Waals surface area contributed by atoms with E-state index in [9.17, 15) is 4.79 Å². The third kappa shape index (κ3) is 5.05. The SMILES string of the molecule is CC(C)C(C)(C#N)NC(=O)CSCCO. The first-order chi connectivity index (χ1) is 6.96. The molecule has 5 heteroatoms. The third-order valence-corrected chi connectivity index (χ3v) is 3.19. The summed E-state index contributed by atoms with van der Waals surface area (Å²) in [5, 5.41) is 20.2. The Bertz CT molecular complexity index is 250. The average molecular weight is 230 g/mol. The predicted molar refractivity (Wildman–Crippen MR) is 61.4 cm³/mol. The molecule has 86 valence electrons. The fraction of sp³-hybridized carbons (Fsp3) is 0.800.